The van der Waals surface area contributed by atoms with Crippen LogP contribution in [0.5, 0.6) is 0 Å². The van der Waals surface area contributed by atoms with Crippen LogP contribution >= 0.6 is 0 Å². The summed E-state index contributed by atoms with van der Waals surface area (Å²) in [6.45, 7) is 1.07. The molecule has 3 rings (SSSR count). The molecule has 0 radical (unpaired) electrons. The van der Waals surface area contributed by atoms with Crippen LogP contribution in [0.4, 0.5) is 0 Å². The molecule has 1 aliphatic carbocycles. The largest absolute Gasteiger partial charge is 0.338 e. The number of nitrogens with zero attached hydrogens (tertiary/aromatic N) is 2. The molecule has 1 atom stereocenters. The van der Waals surface area contributed by atoms with Crippen molar-refractivity contribution < 1.29 is 4.52 Å². The van der Waals surface area contributed by atoms with Crippen LogP contribution in [0.3, 0.4) is 0 Å². The predicted molar refractivity (Wildman–Crippen MR) is 59.9 cm³/mol. The van der Waals surface area contributed by atoms with E-state index in [0.717, 1.165) is 37.0 Å². The summed E-state index contributed by atoms with van der Waals surface area (Å²) in [7, 11) is 0. The Morgan fingerprint density at radius 2 is 2.12 bits per heavy atom. The second kappa shape index (κ2) is 4.53. The smallest absolute Gasteiger partial charge is 0.243 e. The number of hydrogen-bond acceptors (Lipinski definition) is 4. The first kappa shape index (κ1) is 10.3. The van der Waals surface area contributed by atoms with Crippen LogP contribution in [0, 0.1) is 5.92 Å². The second-order valence-corrected chi connectivity index (χ2v) is 5.05. The van der Waals surface area contributed by atoms with Gasteiger partial charge < -0.3 is 9.84 Å². The van der Waals surface area contributed by atoms with Gasteiger partial charge in [-0.25, -0.2) is 0 Å². The van der Waals surface area contributed by atoms with Crippen LogP contribution in [0.15, 0.2) is 4.52 Å². The molecule has 1 saturated heterocycles. The van der Waals surface area contributed by atoms with E-state index in [4.69, 9.17) is 4.52 Å². The molecule has 0 bridgehead atoms. The fourth-order valence-electron chi connectivity index (χ4n) is 2.31. The Hall–Kier alpha value is -0.900. The SMILES string of the molecule is C1CCNC(c2nc(CC3CC3)no2)CC1. The molecule has 2 heterocycles. The van der Waals surface area contributed by atoms with Gasteiger partial charge in [-0.1, -0.05) is 18.0 Å². The maximum absolute atomic E-state index is 5.36. The van der Waals surface area contributed by atoms with Crippen molar-refractivity contribution in [2.45, 2.75) is 51.0 Å². The van der Waals surface area contributed by atoms with Crippen molar-refractivity contribution in [3.05, 3.63) is 11.7 Å². The van der Waals surface area contributed by atoms with E-state index in [1.165, 1.54) is 32.1 Å². The molecule has 1 aromatic heterocycles. The van der Waals surface area contributed by atoms with Crippen molar-refractivity contribution >= 4 is 0 Å². The molecule has 1 saturated carbocycles. The zero-order valence-corrected chi connectivity index (χ0v) is 9.61. The van der Waals surface area contributed by atoms with E-state index in [1.807, 2.05) is 0 Å². The summed E-state index contributed by atoms with van der Waals surface area (Å²) in [5.41, 5.74) is 0. The Bertz CT molecular complexity index is 338. The van der Waals surface area contributed by atoms with Gasteiger partial charge in [0, 0.05) is 6.42 Å². The van der Waals surface area contributed by atoms with Gasteiger partial charge in [-0.05, 0) is 38.1 Å². The zero-order valence-electron chi connectivity index (χ0n) is 9.61. The molecule has 4 nitrogen and oxygen atoms in total. The first-order valence-corrected chi connectivity index (χ1v) is 6.47. The predicted octanol–water partition coefficient (Wildman–Crippen LogP) is 2.23. The molecule has 4 heteroatoms. The Kier molecular flexibility index (Phi) is 2.91. The normalized spacial score (nSPS) is 26.6. The molecule has 1 aliphatic heterocycles. The van der Waals surface area contributed by atoms with E-state index in [1.54, 1.807) is 0 Å². The Morgan fingerprint density at radius 3 is 3.00 bits per heavy atom. The maximum atomic E-state index is 5.36. The van der Waals surface area contributed by atoms with Crippen molar-refractivity contribution in [2.75, 3.05) is 6.54 Å². The number of nitrogens with one attached hydrogen (secondary N) is 1. The molecule has 16 heavy (non-hydrogen) atoms. The highest BCUT2D eigenvalue weighted by molar-refractivity contribution is 4.96. The van der Waals surface area contributed by atoms with Crippen molar-refractivity contribution in [3.8, 4) is 0 Å². The molecule has 0 aromatic carbocycles. The maximum Gasteiger partial charge on any atom is 0.243 e. The van der Waals surface area contributed by atoms with E-state index >= 15 is 0 Å². The fraction of sp³-hybridized carbons (Fsp3) is 0.833. The second-order valence-electron chi connectivity index (χ2n) is 5.05. The summed E-state index contributed by atoms with van der Waals surface area (Å²) in [4.78, 5) is 4.52. The van der Waals surface area contributed by atoms with Gasteiger partial charge in [0.1, 0.15) is 0 Å². The zero-order chi connectivity index (χ0) is 10.8. The Morgan fingerprint density at radius 1 is 1.19 bits per heavy atom. The van der Waals surface area contributed by atoms with Crippen LogP contribution < -0.4 is 5.32 Å². The van der Waals surface area contributed by atoms with Crippen LogP contribution in [-0.4, -0.2) is 16.7 Å². The first-order valence-electron chi connectivity index (χ1n) is 6.47. The summed E-state index contributed by atoms with van der Waals surface area (Å²) in [6, 6.07) is 0.294. The van der Waals surface area contributed by atoms with Crippen molar-refractivity contribution in [2.24, 2.45) is 5.92 Å². The summed E-state index contributed by atoms with van der Waals surface area (Å²) in [6.07, 6.45) is 8.66. The third-order valence-electron chi connectivity index (χ3n) is 3.51. The van der Waals surface area contributed by atoms with Gasteiger partial charge in [0.15, 0.2) is 5.82 Å². The summed E-state index contributed by atoms with van der Waals surface area (Å²) < 4.78 is 5.36. The third-order valence-corrected chi connectivity index (χ3v) is 3.51. The molecular formula is C12H19N3O. The van der Waals surface area contributed by atoms with Crippen molar-refractivity contribution in [3.63, 3.8) is 0 Å². The lowest BCUT2D eigenvalue weighted by atomic mass is 10.1. The minimum Gasteiger partial charge on any atom is -0.338 e. The molecule has 2 aliphatic rings. The van der Waals surface area contributed by atoms with Gasteiger partial charge in [0.2, 0.25) is 5.89 Å². The number of rotatable bonds is 3. The minimum atomic E-state index is 0.294. The lowest BCUT2D eigenvalue weighted by Crippen LogP contribution is -2.20. The molecule has 1 N–H and O–H groups in total. The summed E-state index contributed by atoms with van der Waals surface area (Å²) >= 11 is 0. The molecular weight excluding hydrogens is 202 g/mol. The monoisotopic (exact) mass is 221 g/mol. The van der Waals surface area contributed by atoms with E-state index in [0.29, 0.717) is 6.04 Å². The molecule has 2 fully saturated rings. The van der Waals surface area contributed by atoms with E-state index in [-0.39, 0.29) is 0 Å². The van der Waals surface area contributed by atoms with Crippen LogP contribution in [0.2, 0.25) is 0 Å². The average Bonchev–Trinajstić information content (AvgIpc) is 3.03. The average molecular weight is 221 g/mol. The number of aromatic nitrogens is 2. The highest BCUT2D eigenvalue weighted by Crippen LogP contribution is 2.32. The number of hydrogen-bond donors (Lipinski definition) is 1. The standard InChI is InChI=1S/C12H19N3O/c1-2-4-10(13-7-3-1)12-14-11(15-16-12)8-9-5-6-9/h9-10,13H,1-8H2. The van der Waals surface area contributed by atoms with Gasteiger partial charge in [0.05, 0.1) is 6.04 Å². The molecule has 88 valence electrons. The van der Waals surface area contributed by atoms with Gasteiger partial charge in [-0.2, -0.15) is 4.98 Å². The summed E-state index contributed by atoms with van der Waals surface area (Å²) in [5, 5.41) is 7.56. The van der Waals surface area contributed by atoms with Crippen LogP contribution in [-0.2, 0) is 6.42 Å². The molecule has 1 aromatic rings. The van der Waals surface area contributed by atoms with Crippen molar-refractivity contribution in [1.82, 2.24) is 15.5 Å². The quantitative estimate of drug-likeness (QED) is 0.850. The highest BCUT2D eigenvalue weighted by atomic mass is 16.5. The van der Waals surface area contributed by atoms with Gasteiger partial charge in [-0.3, -0.25) is 0 Å². The first-order chi connectivity index (χ1) is 7.92. The molecule has 0 amide bonds. The van der Waals surface area contributed by atoms with Gasteiger partial charge >= 0.3 is 0 Å². The fourth-order valence-corrected chi connectivity index (χ4v) is 2.31. The van der Waals surface area contributed by atoms with E-state index < -0.39 is 0 Å². The van der Waals surface area contributed by atoms with Gasteiger partial charge in [0.25, 0.3) is 0 Å². The van der Waals surface area contributed by atoms with E-state index in [2.05, 4.69) is 15.5 Å². The highest BCUT2D eigenvalue weighted by Gasteiger charge is 2.25. The Labute approximate surface area is 95.8 Å². The third kappa shape index (κ3) is 2.43. The van der Waals surface area contributed by atoms with E-state index in [9.17, 15) is 0 Å². The molecule has 0 spiro atoms. The lowest BCUT2D eigenvalue weighted by molar-refractivity contribution is 0.324. The van der Waals surface area contributed by atoms with Gasteiger partial charge in [-0.15, -0.1) is 0 Å². The Balaban J connectivity index is 1.64. The molecule has 1 unspecified atom stereocenters. The summed E-state index contributed by atoms with van der Waals surface area (Å²) in [5.74, 6) is 2.54. The van der Waals surface area contributed by atoms with Crippen molar-refractivity contribution in [1.29, 1.82) is 0 Å². The van der Waals surface area contributed by atoms with Crippen LogP contribution in [0.25, 0.3) is 0 Å². The lowest BCUT2D eigenvalue weighted by Gasteiger charge is -2.09. The minimum absolute atomic E-state index is 0.294. The van der Waals surface area contributed by atoms with Crippen LogP contribution in [0.1, 0.15) is 56.3 Å². The topological polar surface area (TPSA) is 51.0 Å².